The number of hydrogen-bond acceptors (Lipinski definition) is 3. The first-order valence-corrected chi connectivity index (χ1v) is 10.9. The molecule has 1 aliphatic heterocycles. The fourth-order valence-electron chi connectivity index (χ4n) is 3.24. The van der Waals surface area contributed by atoms with Crippen molar-refractivity contribution in [3.8, 4) is 0 Å². The summed E-state index contributed by atoms with van der Waals surface area (Å²) in [6.45, 7) is 4.10. The van der Waals surface area contributed by atoms with Crippen LogP contribution in [-0.2, 0) is 4.79 Å². The van der Waals surface area contributed by atoms with Crippen molar-refractivity contribution in [2.45, 2.75) is 13.8 Å². The highest BCUT2D eigenvalue weighted by Crippen LogP contribution is 2.38. The van der Waals surface area contributed by atoms with Gasteiger partial charge in [-0.05, 0) is 85.8 Å². The minimum atomic E-state index is -0.116. The first-order valence-electron chi connectivity index (χ1n) is 9.31. The Labute approximate surface area is 190 Å². The van der Waals surface area contributed by atoms with Crippen LogP contribution < -0.4 is 4.90 Å². The van der Waals surface area contributed by atoms with Crippen LogP contribution in [0.5, 0.6) is 0 Å². The molecule has 0 aromatic heterocycles. The second-order valence-electron chi connectivity index (χ2n) is 7.02. The third-order valence-electron chi connectivity index (χ3n) is 4.48. The summed E-state index contributed by atoms with van der Waals surface area (Å²) in [7, 11) is 0. The van der Waals surface area contributed by atoms with Gasteiger partial charge in [-0.15, -0.1) is 0 Å². The third-order valence-corrected chi connectivity index (χ3v) is 5.96. The monoisotopic (exact) mass is 452 g/mol. The zero-order valence-corrected chi connectivity index (χ0v) is 18.7. The van der Waals surface area contributed by atoms with Gasteiger partial charge < -0.3 is 0 Å². The highest BCUT2D eigenvalue weighted by molar-refractivity contribution is 8.19. The molecule has 1 amide bonds. The van der Waals surface area contributed by atoms with Gasteiger partial charge in [0.05, 0.1) is 16.3 Å². The molecule has 0 aliphatic carbocycles. The Kier molecular flexibility index (Phi) is 6.00. The van der Waals surface area contributed by atoms with Crippen LogP contribution in [0, 0.1) is 13.8 Å². The van der Waals surface area contributed by atoms with Gasteiger partial charge in [0.2, 0.25) is 0 Å². The number of rotatable bonds is 3. The number of anilines is 1. The molecule has 0 radical (unpaired) electrons. The molecule has 4 rings (SSSR count). The van der Waals surface area contributed by atoms with Crippen LogP contribution >= 0.6 is 35.0 Å². The van der Waals surface area contributed by atoms with Gasteiger partial charge in [0.25, 0.3) is 5.91 Å². The van der Waals surface area contributed by atoms with Crippen LogP contribution in [0.1, 0.15) is 16.7 Å². The van der Waals surface area contributed by atoms with Crippen LogP contribution in [0.4, 0.5) is 11.4 Å². The lowest BCUT2D eigenvalue weighted by Gasteiger charge is -2.15. The van der Waals surface area contributed by atoms with E-state index in [1.165, 1.54) is 11.8 Å². The second-order valence-corrected chi connectivity index (χ2v) is 8.90. The van der Waals surface area contributed by atoms with E-state index in [9.17, 15) is 4.79 Å². The van der Waals surface area contributed by atoms with Gasteiger partial charge in [-0.3, -0.25) is 9.69 Å². The van der Waals surface area contributed by atoms with Gasteiger partial charge >= 0.3 is 0 Å². The molecule has 0 atom stereocenters. The molecule has 1 fully saturated rings. The zero-order valence-electron chi connectivity index (χ0n) is 16.4. The molecule has 0 saturated carbocycles. The number of carbonyl (C=O) groups is 1. The van der Waals surface area contributed by atoms with E-state index in [1.54, 1.807) is 29.2 Å². The van der Waals surface area contributed by atoms with Crippen LogP contribution in [-0.4, -0.2) is 11.1 Å². The van der Waals surface area contributed by atoms with E-state index in [-0.39, 0.29) is 5.91 Å². The van der Waals surface area contributed by atoms with Gasteiger partial charge in [0, 0.05) is 10.0 Å². The molecule has 1 heterocycles. The number of benzene rings is 3. The number of carbonyl (C=O) groups excluding carboxylic acids is 1. The largest absolute Gasteiger partial charge is 0.271 e. The van der Waals surface area contributed by atoms with Gasteiger partial charge in [0.1, 0.15) is 0 Å². The van der Waals surface area contributed by atoms with Crippen LogP contribution in [0.25, 0.3) is 6.08 Å². The Morgan fingerprint density at radius 3 is 2.03 bits per heavy atom. The summed E-state index contributed by atoms with van der Waals surface area (Å²) >= 11 is 13.4. The maximum absolute atomic E-state index is 13.3. The van der Waals surface area contributed by atoms with E-state index in [1.807, 2.05) is 44.2 Å². The number of halogens is 2. The number of amides is 1. The molecule has 0 spiro atoms. The summed E-state index contributed by atoms with van der Waals surface area (Å²) in [5.41, 5.74) is 4.74. The highest BCUT2D eigenvalue weighted by atomic mass is 35.5. The van der Waals surface area contributed by atoms with Crippen molar-refractivity contribution in [1.29, 1.82) is 0 Å². The van der Waals surface area contributed by atoms with Gasteiger partial charge in [-0.2, -0.15) is 0 Å². The van der Waals surface area contributed by atoms with Gasteiger partial charge in [-0.1, -0.05) is 52.5 Å². The van der Waals surface area contributed by atoms with E-state index < -0.39 is 0 Å². The average Bonchev–Trinajstić information content (AvgIpc) is 2.98. The number of thioether (sulfide) groups is 1. The van der Waals surface area contributed by atoms with Crippen molar-refractivity contribution < 1.29 is 4.79 Å². The second kappa shape index (κ2) is 8.68. The molecular weight excluding hydrogens is 435 g/mol. The van der Waals surface area contributed by atoms with Crippen molar-refractivity contribution >= 4 is 63.5 Å². The minimum absolute atomic E-state index is 0.116. The topological polar surface area (TPSA) is 32.7 Å². The molecule has 30 heavy (non-hydrogen) atoms. The molecule has 3 aromatic rings. The Bertz CT molecular complexity index is 1150. The number of aliphatic imine (C=N–C) groups is 1. The fourth-order valence-corrected chi connectivity index (χ4v) is 4.49. The van der Waals surface area contributed by atoms with Crippen molar-refractivity contribution in [3.63, 3.8) is 0 Å². The third kappa shape index (κ3) is 4.62. The summed E-state index contributed by atoms with van der Waals surface area (Å²) in [6.07, 6.45) is 1.92. The van der Waals surface area contributed by atoms with Gasteiger partial charge in [0.15, 0.2) is 5.17 Å². The molecule has 1 aliphatic rings. The standard InChI is InChI=1S/C24H18Cl2N2OS/c1-15-11-16(2)13-17(12-15)14-22-23(29)28(21-9-5-19(26)6-10-21)24(30-22)27-20-7-3-18(25)4-8-20/h3-14H,1-2H3/b22-14-,27-24?. The van der Waals surface area contributed by atoms with Crippen molar-refractivity contribution in [2.75, 3.05) is 4.90 Å². The molecule has 0 unspecified atom stereocenters. The minimum Gasteiger partial charge on any atom is -0.268 e. The Balaban J connectivity index is 1.78. The predicted octanol–water partition coefficient (Wildman–Crippen LogP) is 7.42. The lowest BCUT2D eigenvalue weighted by molar-refractivity contribution is -0.113. The molecule has 1 saturated heterocycles. The summed E-state index contributed by atoms with van der Waals surface area (Å²) in [5, 5.41) is 1.83. The van der Waals surface area contributed by atoms with Gasteiger partial charge in [-0.25, -0.2) is 4.99 Å². The van der Waals surface area contributed by atoms with E-state index in [0.29, 0.717) is 25.8 Å². The molecule has 0 bridgehead atoms. The van der Waals surface area contributed by atoms with E-state index in [4.69, 9.17) is 28.2 Å². The summed E-state index contributed by atoms with van der Waals surface area (Å²) in [4.78, 5) is 20.3. The molecular formula is C24H18Cl2N2OS. The number of nitrogens with zero attached hydrogens (tertiary/aromatic N) is 2. The van der Waals surface area contributed by atoms with E-state index >= 15 is 0 Å². The summed E-state index contributed by atoms with van der Waals surface area (Å²) in [6, 6.07) is 20.6. The Morgan fingerprint density at radius 1 is 0.867 bits per heavy atom. The summed E-state index contributed by atoms with van der Waals surface area (Å²) in [5.74, 6) is -0.116. The Hall–Kier alpha value is -2.53. The molecule has 0 N–H and O–H groups in total. The van der Waals surface area contributed by atoms with Crippen molar-refractivity contribution in [1.82, 2.24) is 0 Å². The lowest BCUT2D eigenvalue weighted by Crippen LogP contribution is -2.28. The van der Waals surface area contributed by atoms with Crippen molar-refractivity contribution in [3.05, 3.63) is 98.4 Å². The Morgan fingerprint density at radius 2 is 1.43 bits per heavy atom. The summed E-state index contributed by atoms with van der Waals surface area (Å²) < 4.78 is 0. The number of amidine groups is 1. The number of aryl methyl sites for hydroxylation is 2. The maximum Gasteiger partial charge on any atom is 0.271 e. The fraction of sp³-hybridized carbons (Fsp3) is 0.0833. The quantitative estimate of drug-likeness (QED) is 0.387. The van der Waals surface area contributed by atoms with E-state index in [2.05, 4.69) is 18.2 Å². The normalized spacial score (nSPS) is 16.7. The number of hydrogen-bond donors (Lipinski definition) is 0. The zero-order chi connectivity index (χ0) is 21.3. The first-order chi connectivity index (χ1) is 14.4. The SMILES string of the molecule is Cc1cc(C)cc(/C=C2\SC(=Nc3ccc(Cl)cc3)N(c3ccc(Cl)cc3)C2=O)c1. The van der Waals surface area contributed by atoms with E-state index in [0.717, 1.165) is 22.4 Å². The van der Waals surface area contributed by atoms with Crippen LogP contribution in [0.3, 0.4) is 0 Å². The average molecular weight is 453 g/mol. The van der Waals surface area contributed by atoms with Crippen LogP contribution in [0.2, 0.25) is 10.0 Å². The molecule has 6 heteroatoms. The lowest BCUT2D eigenvalue weighted by atomic mass is 10.1. The molecule has 150 valence electrons. The molecule has 3 nitrogen and oxygen atoms in total. The van der Waals surface area contributed by atoms with Crippen molar-refractivity contribution in [2.24, 2.45) is 4.99 Å². The smallest absolute Gasteiger partial charge is 0.268 e. The molecule has 3 aromatic carbocycles. The predicted molar refractivity (Wildman–Crippen MR) is 129 cm³/mol. The maximum atomic E-state index is 13.3. The highest BCUT2D eigenvalue weighted by Gasteiger charge is 2.34. The first kappa shape index (κ1) is 20.7. The van der Waals surface area contributed by atoms with Crippen LogP contribution in [0.15, 0.2) is 76.6 Å².